The molecule has 1 unspecified atom stereocenters. The molecular weight excluding hydrogens is 296 g/mol. The first-order valence-electron chi connectivity index (χ1n) is 7.99. The van der Waals surface area contributed by atoms with Gasteiger partial charge in [0.15, 0.2) is 0 Å². The standard InChI is InChI=1S/C16H20N4OS/c21-15(16(6-1-2-7-16)14-4-3-11-22-14)19-10-5-13(12-19)20-17-8-9-18-20/h3-4,8-9,11,13H,1-2,5-7,10,12H2. The molecule has 22 heavy (non-hydrogen) atoms. The molecule has 5 nitrogen and oxygen atoms in total. The van der Waals surface area contributed by atoms with E-state index in [-0.39, 0.29) is 11.5 Å². The van der Waals surface area contributed by atoms with Crippen LogP contribution >= 0.6 is 11.3 Å². The van der Waals surface area contributed by atoms with Gasteiger partial charge < -0.3 is 4.90 Å². The van der Waals surface area contributed by atoms with Crippen LogP contribution in [0.3, 0.4) is 0 Å². The lowest BCUT2D eigenvalue weighted by atomic mass is 9.83. The van der Waals surface area contributed by atoms with Crippen molar-refractivity contribution in [1.82, 2.24) is 19.9 Å². The van der Waals surface area contributed by atoms with Gasteiger partial charge in [0.2, 0.25) is 5.91 Å². The fraction of sp³-hybridized carbons (Fsp3) is 0.562. The molecule has 4 rings (SSSR count). The van der Waals surface area contributed by atoms with Crippen molar-refractivity contribution in [3.05, 3.63) is 34.8 Å². The lowest BCUT2D eigenvalue weighted by Gasteiger charge is -2.31. The van der Waals surface area contributed by atoms with Gasteiger partial charge in [0.1, 0.15) is 0 Å². The number of amides is 1. The Morgan fingerprint density at radius 3 is 2.73 bits per heavy atom. The smallest absolute Gasteiger partial charge is 0.234 e. The third-order valence-electron chi connectivity index (χ3n) is 5.07. The quantitative estimate of drug-likeness (QED) is 0.874. The van der Waals surface area contributed by atoms with Gasteiger partial charge >= 0.3 is 0 Å². The normalized spacial score (nSPS) is 24.0. The highest BCUT2D eigenvalue weighted by atomic mass is 32.1. The Morgan fingerprint density at radius 1 is 1.27 bits per heavy atom. The molecule has 2 aromatic heterocycles. The number of thiophene rings is 1. The Morgan fingerprint density at radius 2 is 2.05 bits per heavy atom. The first-order valence-corrected chi connectivity index (χ1v) is 8.87. The summed E-state index contributed by atoms with van der Waals surface area (Å²) in [5.74, 6) is 0.321. The topological polar surface area (TPSA) is 51.0 Å². The van der Waals surface area contributed by atoms with Gasteiger partial charge in [0.25, 0.3) is 0 Å². The molecule has 2 aromatic rings. The van der Waals surface area contributed by atoms with E-state index >= 15 is 0 Å². The van der Waals surface area contributed by atoms with Gasteiger partial charge in [-0.05, 0) is 30.7 Å². The van der Waals surface area contributed by atoms with E-state index in [1.54, 1.807) is 28.5 Å². The number of carbonyl (C=O) groups is 1. The molecule has 3 heterocycles. The zero-order chi connectivity index (χ0) is 15.0. The second-order valence-corrected chi connectivity index (χ2v) is 7.26. The van der Waals surface area contributed by atoms with Crippen molar-refractivity contribution < 1.29 is 4.79 Å². The first kappa shape index (κ1) is 13.9. The van der Waals surface area contributed by atoms with Gasteiger partial charge in [-0.3, -0.25) is 4.79 Å². The van der Waals surface area contributed by atoms with Crippen LogP contribution in [0.2, 0.25) is 0 Å². The van der Waals surface area contributed by atoms with E-state index < -0.39 is 0 Å². The lowest BCUT2D eigenvalue weighted by molar-refractivity contribution is -0.136. The number of likely N-dealkylation sites (tertiary alicyclic amines) is 1. The van der Waals surface area contributed by atoms with Crippen LogP contribution in [0.4, 0.5) is 0 Å². The monoisotopic (exact) mass is 316 g/mol. The summed E-state index contributed by atoms with van der Waals surface area (Å²) in [6.45, 7) is 1.55. The molecule has 6 heteroatoms. The fourth-order valence-electron chi connectivity index (χ4n) is 3.93. The van der Waals surface area contributed by atoms with Crippen molar-refractivity contribution in [2.45, 2.75) is 43.6 Å². The van der Waals surface area contributed by atoms with Crippen molar-refractivity contribution in [3.8, 4) is 0 Å². The van der Waals surface area contributed by atoms with E-state index in [9.17, 15) is 4.79 Å². The van der Waals surface area contributed by atoms with Gasteiger partial charge in [-0.2, -0.15) is 15.0 Å². The van der Waals surface area contributed by atoms with Crippen molar-refractivity contribution in [2.24, 2.45) is 0 Å². The predicted octanol–water partition coefficient (Wildman–Crippen LogP) is 2.62. The molecule has 0 bridgehead atoms. The maximum absolute atomic E-state index is 13.3. The number of carbonyl (C=O) groups excluding carboxylic acids is 1. The Labute approximate surface area is 133 Å². The van der Waals surface area contributed by atoms with Crippen LogP contribution in [0.1, 0.15) is 43.0 Å². The Balaban J connectivity index is 1.56. The van der Waals surface area contributed by atoms with E-state index in [0.29, 0.717) is 5.91 Å². The number of nitrogens with zero attached hydrogens (tertiary/aromatic N) is 4. The zero-order valence-electron chi connectivity index (χ0n) is 12.5. The van der Waals surface area contributed by atoms with E-state index in [4.69, 9.17) is 0 Å². The summed E-state index contributed by atoms with van der Waals surface area (Å²) >= 11 is 1.73. The van der Waals surface area contributed by atoms with E-state index in [2.05, 4.69) is 27.7 Å². The molecule has 0 spiro atoms. The van der Waals surface area contributed by atoms with E-state index in [1.807, 2.05) is 4.90 Å². The van der Waals surface area contributed by atoms with Crippen LogP contribution in [-0.2, 0) is 10.2 Å². The van der Waals surface area contributed by atoms with Gasteiger partial charge in [-0.25, -0.2) is 0 Å². The lowest BCUT2D eigenvalue weighted by Crippen LogP contribution is -2.44. The maximum atomic E-state index is 13.3. The van der Waals surface area contributed by atoms with Crippen LogP contribution < -0.4 is 0 Å². The summed E-state index contributed by atoms with van der Waals surface area (Å²) in [4.78, 5) is 18.3. The first-order chi connectivity index (χ1) is 10.8. The molecule has 0 radical (unpaired) electrons. The summed E-state index contributed by atoms with van der Waals surface area (Å²) in [5.41, 5.74) is -0.263. The maximum Gasteiger partial charge on any atom is 0.234 e. The third kappa shape index (κ3) is 2.17. The second kappa shape index (κ2) is 5.50. The Kier molecular flexibility index (Phi) is 3.48. The molecule has 2 aliphatic rings. The van der Waals surface area contributed by atoms with Gasteiger partial charge in [0, 0.05) is 18.0 Å². The summed E-state index contributed by atoms with van der Waals surface area (Å²) in [6.07, 6.45) is 8.65. The molecule has 1 saturated carbocycles. The van der Waals surface area contributed by atoms with E-state index in [0.717, 1.165) is 45.2 Å². The number of rotatable bonds is 3. The zero-order valence-corrected chi connectivity index (χ0v) is 13.3. The molecule has 1 saturated heterocycles. The molecule has 1 aliphatic heterocycles. The molecule has 2 fully saturated rings. The molecular formula is C16H20N4OS. The molecule has 1 amide bonds. The number of hydrogen-bond donors (Lipinski definition) is 0. The summed E-state index contributed by atoms with van der Waals surface area (Å²) < 4.78 is 0. The molecule has 0 aromatic carbocycles. The fourth-order valence-corrected chi connectivity index (χ4v) is 4.91. The van der Waals surface area contributed by atoms with Crippen LogP contribution in [0, 0.1) is 0 Å². The molecule has 1 atom stereocenters. The minimum atomic E-state index is -0.263. The highest BCUT2D eigenvalue weighted by Gasteiger charge is 2.47. The summed E-state index contributed by atoms with van der Waals surface area (Å²) in [5, 5.41) is 10.5. The van der Waals surface area contributed by atoms with Crippen molar-refractivity contribution >= 4 is 17.2 Å². The van der Waals surface area contributed by atoms with Gasteiger partial charge in [-0.15, -0.1) is 11.3 Å². The van der Waals surface area contributed by atoms with Crippen molar-refractivity contribution in [2.75, 3.05) is 13.1 Å². The van der Waals surface area contributed by atoms with E-state index in [1.165, 1.54) is 4.88 Å². The second-order valence-electron chi connectivity index (χ2n) is 6.31. The highest BCUT2D eigenvalue weighted by Crippen LogP contribution is 2.45. The Bertz CT molecular complexity index is 631. The SMILES string of the molecule is O=C(N1CCC(n2nccn2)C1)C1(c2cccs2)CCCC1. The average molecular weight is 316 g/mol. The van der Waals surface area contributed by atoms with Crippen LogP contribution in [0.5, 0.6) is 0 Å². The summed E-state index contributed by atoms with van der Waals surface area (Å²) in [6, 6.07) is 4.42. The number of hydrogen-bond acceptors (Lipinski definition) is 4. The molecule has 0 N–H and O–H groups in total. The van der Waals surface area contributed by atoms with Gasteiger partial charge in [-0.1, -0.05) is 18.9 Å². The number of aromatic nitrogens is 3. The minimum Gasteiger partial charge on any atom is -0.340 e. The summed E-state index contributed by atoms with van der Waals surface area (Å²) in [7, 11) is 0. The minimum absolute atomic E-state index is 0.223. The van der Waals surface area contributed by atoms with Crippen LogP contribution in [0.25, 0.3) is 0 Å². The van der Waals surface area contributed by atoms with Crippen LogP contribution in [0.15, 0.2) is 29.9 Å². The molecule has 116 valence electrons. The molecule has 1 aliphatic carbocycles. The average Bonchev–Trinajstić information content (AvgIpc) is 3.36. The van der Waals surface area contributed by atoms with Crippen LogP contribution in [-0.4, -0.2) is 38.9 Å². The Hall–Kier alpha value is -1.69. The highest BCUT2D eigenvalue weighted by molar-refractivity contribution is 7.10. The predicted molar refractivity (Wildman–Crippen MR) is 84.7 cm³/mol. The van der Waals surface area contributed by atoms with Crippen molar-refractivity contribution in [3.63, 3.8) is 0 Å². The third-order valence-corrected chi connectivity index (χ3v) is 6.15. The van der Waals surface area contributed by atoms with Crippen molar-refractivity contribution in [1.29, 1.82) is 0 Å². The largest absolute Gasteiger partial charge is 0.340 e. The van der Waals surface area contributed by atoms with Gasteiger partial charge in [0.05, 0.1) is 23.9 Å².